The highest BCUT2D eigenvalue weighted by Gasteiger charge is 2.17. The van der Waals surface area contributed by atoms with E-state index < -0.39 is 0 Å². The average Bonchev–Trinajstić information content (AvgIpc) is 2.86. The Morgan fingerprint density at radius 3 is 3.19 bits per heavy atom. The molecule has 1 N–H and O–H groups in total. The molecule has 0 saturated heterocycles. The quantitative estimate of drug-likeness (QED) is 0.921. The summed E-state index contributed by atoms with van der Waals surface area (Å²) < 4.78 is 5.81. The van der Waals surface area contributed by atoms with E-state index in [0.717, 1.165) is 55.7 Å². The number of anilines is 1. The summed E-state index contributed by atoms with van der Waals surface area (Å²) in [6, 6.07) is 8.27. The third-order valence-electron chi connectivity index (χ3n) is 3.51. The Morgan fingerprint density at radius 1 is 1.38 bits per heavy atom. The fraction of sp³-hybridized carbons (Fsp3) is 0.438. The van der Waals surface area contributed by atoms with Crippen molar-refractivity contribution in [3.8, 4) is 5.75 Å². The Balaban J connectivity index is 1.73. The average molecular weight is 303 g/mol. The van der Waals surface area contributed by atoms with Crippen LogP contribution in [0.2, 0.25) is 0 Å². The molecule has 0 spiro atoms. The first-order valence-corrected chi connectivity index (χ1v) is 8.35. The monoisotopic (exact) mass is 303 g/mol. The molecule has 0 fully saturated rings. The second-order valence-corrected chi connectivity index (χ2v) is 6.05. The second-order valence-electron chi connectivity index (χ2n) is 5.10. The molecule has 21 heavy (non-hydrogen) atoms. The minimum Gasteiger partial charge on any atom is -0.491 e. The largest absolute Gasteiger partial charge is 0.491 e. The Bertz CT molecular complexity index is 584. The highest BCUT2D eigenvalue weighted by Crippen LogP contribution is 2.31. The lowest BCUT2D eigenvalue weighted by molar-refractivity contribution is 0.322. The van der Waals surface area contributed by atoms with Gasteiger partial charge in [0.2, 0.25) is 0 Å². The van der Waals surface area contributed by atoms with Gasteiger partial charge >= 0.3 is 0 Å². The van der Waals surface area contributed by atoms with Gasteiger partial charge < -0.3 is 15.0 Å². The maximum Gasteiger partial charge on any atom is 0.142 e. The fourth-order valence-corrected chi connectivity index (χ4v) is 3.25. The lowest BCUT2D eigenvalue weighted by atomic mass is 10.2. The van der Waals surface area contributed by atoms with Gasteiger partial charge in [-0.25, -0.2) is 4.98 Å². The minimum absolute atomic E-state index is 0.788. The van der Waals surface area contributed by atoms with Gasteiger partial charge in [-0.2, -0.15) is 0 Å². The molecular formula is C16H21N3OS. The zero-order chi connectivity index (χ0) is 14.5. The van der Waals surface area contributed by atoms with Gasteiger partial charge in [0.05, 0.1) is 24.5 Å². The zero-order valence-corrected chi connectivity index (χ0v) is 13.2. The number of benzene rings is 1. The number of hydrogen-bond donors (Lipinski definition) is 1. The van der Waals surface area contributed by atoms with Crippen LogP contribution in [0, 0.1) is 0 Å². The van der Waals surface area contributed by atoms with Gasteiger partial charge in [0.1, 0.15) is 10.8 Å². The molecule has 0 radical (unpaired) electrons. The van der Waals surface area contributed by atoms with Crippen LogP contribution in [-0.4, -0.2) is 24.7 Å². The highest BCUT2D eigenvalue weighted by atomic mass is 32.1. The third-order valence-corrected chi connectivity index (χ3v) is 4.41. The molecule has 0 atom stereocenters. The van der Waals surface area contributed by atoms with Crippen molar-refractivity contribution in [2.45, 2.75) is 26.4 Å². The lowest BCUT2D eigenvalue weighted by Crippen LogP contribution is -2.23. The van der Waals surface area contributed by atoms with Crippen LogP contribution in [0.25, 0.3) is 0 Å². The van der Waals surface area contributed by atoms with E-state index in [-0.39, 0.29) is 0 Å². The molecule has 1 aromatic heterocycles. The molecule has 2 aromatic rings. The van der Waals surface area contributed by atoms with Crippen LogP contribution < -0.4 is 15.0 Å². The Labute approximate surface area is 129 Å². The molecule has 1 aliphatic heterocycles. The normalized spacial score (nSPS) is 14.4. The van der Waals surface area contributed by atoms with E-state index in [1.807, 2.05) is 12.1 Å². The van der Waals surface area contributed by atoms with Crippen LogP contribution in [0.15, 0.2) is 29.6 Å². The van der Waals surface area contributed by atoms with Crippen molar-refractivity contribution in [3.63, 3.8) is 0 Å². The Hall–Kier alpha value is -1.59. The molecule has 0 saturated carbocycles. The van der Waals surface area contributed by atoms with Gasteiger partial charge in [0.15, 0.2) is 0 Å². The van der Waals surface area contributed by atoms with Crippen molar-refractivity contribution in [1.82, 2.24) is 10.3 Å². The van der Waals surface area contributed by atoms with E-state index in [4.69, 9.17) is 9.72 Å². The number of thiazole rings is 1. The molecule has 1 aliphatic rings. The first kappa shape index (κ1) is 14.4. The molecule has 5 heteroatoms. The van der Waals surface area contributed by atoms with Gasteiger partial charge in [0.25, 0.3) is 0 Å². The van der Waals surface area contributed by atoms with Gasteiger partial charge in [-0.05, 0) is 25.1 Å². The number of fused-ring (bicyclic) bond motifs is 1. The SMILES string of the molecule is CCNCc1nc(CN2CCCOc3ccccc32)cs1. The molecule has 1 aromatic carbocycles. The van der Waals surface area contributed by atoms with E-state index in [2.05, 4.69) is 34.7 Å². The van der Waals surface area contributed by atoms with Crippen LogP contribution in [0.4, 0.5) is 5.69 Å². The van der Waals surface area contributed by atoms with Crippen LogP contribution in [0.5, 0.6) is 5.75 Å². The first-order chi connectivity index (χ1) is 10.4. The minimum atomic E-state index is 0.788. The summed E-state index contributed by atoms with van der Waals surface area (Å²) in [7, 11) is 0. The number of hydrogen-bond acceptors (Lipinski definition) is 5. The smallest absolute Gasteiger partial charge is 0.142 e. The summed E-state index contributed by atoms with van der Waals surface area (Å²) in [4.78, 5) is 7.09. The fourth-order valence-electron chi connectivity index (χ4n) is 2.49. The number of aromatic nitrogens is 1. The number of ether oxygens (including phenoxy) is 1. The van der Waals surface area contributed by atoms with Crippen molar-refractivity contribution in [2.75, 3.05) is 24.6 Å². The standard InChI is InChI=1S/C16H21N3OS/c1-2-17-10-16-18-13(12-21-16)11-19-8-5-9-20-15-7-4-3-6-14(15)19/h3-4,6-7,12,17H,2,5,8-11H2,1H3. The molecule has 3 rings (SSSR count). The summed E-state index contributed by atoms with van der Waals surface area (Å²) in [5, 5.41) is 6.65. The Morgan fingerprint density at radius 2 is 2.29 bits per heavy atom. The number of nitrogens with one attached hydrogen (secondary N) is 1. The predicted octanol–water partition coefficient (Wildman–Crippen LogP) is 3.04. The first-order valence-electron chi connectivity index (χ1n) is 7.47. The predicted molar refractivity (Wildman–Crippen MR) is 87.1 cm³/mol. The zero-order valence-electron chi connectivity index (χ0n) is 12.3. The van der Waals surface area contributed by atoms with E-state index in [1.54, 1.807) is 11.3 Å². The van der Waals surface area contributed by atoms with Crippen LogP contribution in [0.3, 0.4) is 0 Å². The number of nitrogens with zero attached hydrogens (tertiary/aromatic N) is 2. The molecule has 4 nitrogen and oxygen atoms in total. The summed E-state index contributed by atoms with van der Waals surface area (Å²) in [5.41, 5.74) is 2.32. The summed E-state index contributed by atoms with van der Waals surface area (Å²) >= 11 is 1.73. The molecule has 0 amide bonds. The van der Waals surface area contributed by atoms with Gasteiger partial charge in [-0.1, -0.05) is 19.1 Å². The maximum absolute atomic E-state index is 5.81. The van der Waals surface area contributed by atoms with E-state index in [9.17, 15) is 0 Å². The number of rotatable bonds is 5. The maximum atomic E-state index is 5.81. The summed E-state index contributed by atoms with van der Waals surface area (Å²) in [5.74, 6) is 0.984. The lowest BCUT2D eigenvalue weighted by Gasteiger charge is -2.22. The van der Waals surface area contributed by atoms with E-state index in [0.29, 0.717) is 0 Å². The van der Waals surface area contributed by atoms with Crippen molar-refractivity contribution in [1.29, 1.82) is 0 Å². The molecule has 2 heterocycles. The van der Waals surface area contributed by atoms with Crippen molar-refractivity contribution >= 4 is 17.0 Å². The molecule has 0 unspecified atom stereocenters. The van der Waals surface area contributed by atoms with Gasteiger partial charge in [-0.3, -0.25) is 0 Å². The molecule has 112 valence electrons. The molecule has 0 aliphatic carbocycles. The van der Waals surface area contributed by atoms with Crippen molar-refractivity contribution in [2.24, 2.45) is 0 Å². The molecule has 0 bridgehead atoms. The number of para-hydroxylation sites is 2. The Kier molecular flexibility index (Phi) is 4.72. The third kappa shape index (κ3) is 3.54. The van der Waals surface area contributed by atoms with E-state index in [1.165, 1.54) is 5.69 Å². The van der Waals surface area contributed by atoms with E-state index >= 15 is 0 Å². The van der Waals surface area contributed by atoms with Crippen molar-refractivity contribution < 1.29 is 4.74 Å². The summed E-state index contributed by atoms with van der Waals surface area (Å²) in [6.07, 6.45) is 1.04. The van der Waals surface area contributed by atoms with Crippen LogP contribution in [-0.2, 0) is 13.1 Å². The van der Waals surface area contributed by atoms with Crippen molar-refractivity contribution in [3.05, 3.63) is 40.3 Å². The highest BCUT2D eigenvalue weighted by molar-refractivity contribution is 7.09. The van der Waals surface area contributed by atoms with Gasteiger partial charge in [-0.15, -0.1) is 11.3 Å². The van der Waals surface area contributed by atoms with Crippen LogP contribution >= 0.6 is 11.3 Å². The molecular weight excluding hydrogens is 282 g/mol. The van der Waals surface area contributed by atoms with Crippen LogP contribution in [0.1, 0.15) is 24.0 Å². The summed E-state index contributed by atoms with van der Waals surface area (Å²) in [6.45, 7) is 6.60. The van der Waals surface area contributed by atoms with Gasteiger partial charge in [0, 0.05) is 18.5 Å². The topological polar surface area (TPSA) is 37.4 Å². The second kappa shape index (κ2) is 6.91.